The molecule has 3 aromatic rings. The van der Waals surface area contributed by atoms with Gasteiger partial charge >= 0.3 is 0 Å². The smallest absolute Gasteiger partial charge is 0.00990 e. The fourth-order valence-corrected chi connectivity index (χ4v) is 2.64. The minimum atomic E-state index is 1.17. The van der Waals surface area contributed by atoms with Crippen molar-refractivity contribution in [3.05, 3.63) is 72.8 Å². The number of fused-ring (bicyclic) bond motifs is 3. The Balaban J connectivity index is 0.000000561. The monoisotopic (exact) mass is 290 g/mol. The van der Waals surface area contributed by atoms with Crippen LogP contribution in [0.5, 0.6) is 0 Å². The number of benzene rings is 3. The lowest BCUT2D eigenvalue weighted by Crippen LogP contribution is -1.88. The van der Waals surface area contributed by atoms with Crippen molar-refractivity contribution in [1.29, 1.82) is 0 Å². The largest absolute Gasteiger partial charge is 0.0984 e. The van der Waals surface area contributed by atoms with Crippen LogP contribution in [0.4, 0.5) is 0 Å². The van der Waals surface area contributed by atoms with E-state index in [1.54, 1.807) is 0 Å². The van der Waals surface area contributed by atoms with Crippen LogP contribution in [0.25, 0.3) is 33.7 Å². The minimum Gasteiger partial charge on any atom is -0.0984 e. The molecule has 0 saturated carbocycles. The summed E-state index contributed by atoms with van der Waals surface area (Å²) in [6.45, 7) is 15.9. The normalized spacial score (nSPS) is 9.27. The third-order valence-electron chi connectivity index (χ3n) is 3.42. The summed E-state index contributed by atoms with van der Waals surface area (Å²) < 4.78 is 0. The van der Waals surface area contributed by atoms with Crippen molar-refractivity contribution in [2.24, 2.45) is 0 Å². The zero-order valence-corrected chi connectivity index (χ0v) is 14.2. The topological polar surface area (TPSA) is 0 Å². The van der Waals surface area contributed by atoms with Gasteiger partial charge in [0.25, 0.3) is 0 Å². The first kappa shape index (κ1) is 17.7. The molecule has 114 valence electrons. The van der Waals surface area contributed by atoms with E-state index >= 15 is 0 Å². The van der Waals surface area contributed by atoms with Gasteiger partial charge in [0.05, 0.1) is 0 Å². The maximum absolute atomic E-state index is 3.95. The molecule has 0 nitrogen and oxygen atoms in total. The van der Waals surface area contributed by atoms with Gasteiger partial charge < -0.3 is 0 Å². The van der Waals surface area contributed by atoms with Crippen LogP contribution in [0, 0.1) is 0 Å². The average molecular weight is 290 g/mol. The first-order chi connectivity index (χ1) is 10.9. The maximum Gasteiger partial charge on any atom is -0.00990 e. The zero-order valence-electron chi connectivity index (χ0n) is 14.2. The Labute approximate surface area is 134 Å². The summed E-state index contributed by atoms with van der Waals surface area (Å²) in [5.74, 6) is 0. The van der Waals surface area contributed by atoms with Crippen LogP contribution in [-0.2, 0) is 0 Å². The quantitative estimate of drug-likeness (QED) is 0.433. The van der Waals surface area contributed by atoms with Crippen LogP contribution in [0.2, 0.25) is 0 Å². The number of hydrogen-bond acceptors (Lipinski definition) is 0. The number of rotatable bonds is 2. The molecule has 0 aliphatic heterocycles. The van der Waals surface area contributed by atoms with Crippen LogP contribution in [-0.4, -0.2) is 0 Å². The zero-order chi connectivity index (χ0) is 16.5. The fourth-order valence-electron chi connectivity index (χ4n) is 2.64. The Morgan fingerprint density at radius 3 is 1.09 bits per heavy atom. The van der Waals surface area contributed by atoms with Crippen molar-refractivity contribution >= 4 is 33.7 Å². The van der Waals surface area contributed by atoms with Crippen molar-refractivity contribution in [2.45, 2.75) is 27.7 Å². The Hall–Kier alpha value is -2.34. The van der Waals surface area contributed by atoms with Crippen LogP contribution in [0.1, 0.15) is 38.8 Å². The summed E-state index contributed by atoms with van der Waals surface area (Å²) in [7, 11) is 0. The molecule has 0 aromatic heterocycles. The molecule has 0 atom stereocenters. The van der Waals surface area contributed by atoms with Crippen molar-refractivity contribution < 1.29 is 0 Å². The van der Waals surface area contributed by atoms with Crippen LogP contribution in [0.15, 0.2) is 61.7 Å². The van der Waals surface area contributed by atoms with Gasteiger partial charge in [-0.2, -0.15) is 0 Å². The summed E-state index contributed by atoms with van der Waals surface area (Å²) in [5.41, 5.74) is 2.33. The lowest BCUT2D eigenvalue weighted by Gasteiger charge is -2.12. The Morgan fingerprint density at radius 2 is 0.818 bits per heavy atom. The molecule has 0 radical (unpaired) electrons. The van der Waals surface area contributed by atoms with Crippen molar-refractivity contribution in [3.63, 3.8) is 0 Å². The summed E-state index contributed by atoms with van der Waals surface area (Å²) in [6.07, 6.45) is 3.84. The highest BCUT2D eigenvalue weighted by molar-refractivity contribution is 6.14. The van der Waals surface area contributed by atoms with E-state index in [0.29, 0.717) is 0 Å². The highest BCUT2D eigenvalue weighted by Crippen LogP contribution is 2.33. The molecule has 0 bridgehead atoms. The molecule has 0 amide bonds. The molecule has 0 spiro atoms. The molecule has 0 saturated heterocycles. The van der Waals surface area contributed by atoms with E-state index in [0.717, 1.165) is 0 Å². The van der Waals surface area contributed by atoms with Crippen LogP contribution < -0.4 is 0 Å². The summed E-state index contributed by atoms with van der Waals surface area (Å²) >= 11 is 0. The van der Waals surface area contributed by atoms with Crippen molar-refractivity contribution in [3.8, 4) is 0 Å². The third kappa shape index (κ3) is 3.12. The van der Waals surface area contributed by atoms with E-state index in [1.165, 1.54) is 32.7 Å². The van der Waals surface area contributed by atoms with E-state index in [4.69, 9.17) is 0 Å². The number of hydrogen-bond donors (Lipinski definition) is 0. The van der Waals surface area contributed by atoms with Gasteiger partial charge in [0, 0.05) is 0 Å². The molecule has 3 aromatic carbocycles. The minimum absolute atomic E-state index is 1.17. The molecular formula is C22H26. The summed E-state index contributed by atoms with van der Waals surface area (Å²) in [4.78, 5) is 0. The van der Waals surface area contributed by atoms with Crippen LogP contribution in [0.3, 0.4) is 0 Å². The molecule has 0 aliphatic carbocycles. The Kier molecular flexibility index (Phi) is 7.12. The molecule has 22 heavy (non-hydrogen) atoms. The highest BCUT2D eigenvalue weighted by Gasteiger charge is 2.09. The molecule has 0 heteroatoms. The fraction of sp³-hybridized carbons (Fsp3) is 0.182. The molecule has 3 rings (SSSR count). The molecule has 0 aliphatic rings. The second kappa shape index (κ2) is 8.84. The third-order valence-corrected chi connectivity index (χ3v) is 3.42. The Morgan fingerprint density at radius 1 is 0.545 bits per heavy atom. The van der Waals surface area contributed by atoms with Crippen molar-refractivity contribution in [1.82, 2.24) is 0 Å². The second-order valence-corrected chi connectivity index (χ2v) is 4.33. The molecule has 0 N–H and O–H groups in total. The van der Waals surface area contributed by atoms with Crippen LogP contribution >= 0.6 is 0 Å². The van der Waals surface area contributed by atoms with Gasteiger partial charge in [-0.05, 0) is 32.7 Å². The van der Waals surface area contributed by atoms with Gasteiger partial charge in [0.2, 0.25) is 0 Å². The predicted molar refractivity (Wildman–Crippen MR) is 104 cm³/mol. The lowest BCUT2D eigenvalue weighted by molar-refractivity contribution is 1.50. The Bertz CT molecular complexity index is 697. The van der Waals surface area contributed by atoms with Gasteiger partial charge in [0.1, 0.15) is 0 Å². The first-order valence-electron chi connectivity index (χ1n) is 8.05. The molecular weight excluding hydrogens is 264 g/mol. The van der Waals surface area contributed by atoms with E-state index < -0.39 is 0 Å². The molecule has 0 heterocycles. The van der Waals surface area contributed by atoms with Gasteiger partial charge in [-0.1, -0.05) is 102 Å². The first-order valence-corrected chi connectivity index (χ1v) is 8.05. The predicted octanol–water partition coefficient (Wildman–Crippen LogP) is 7.33. The van der Waals surface area contributed by atoms with Crippen molar-refractivity contribution in [2.75, 3.05) is 0 Å². The van der Waals surface area contributed by atoms with Gasteiger partial charge in [-0.15, -0.1) is 0 Å². The standard InChI is InChI=1S/C18H14.2C2H6/c1-3-13-14(4-2)16-10-6-8-12-18(16)17-11-7-5-9-15(13)17;2*1-2/h3-12H,1-2H2;2*1-2H3. The van der Waals surface area contributed by atoms with Gasteiger partial charge in [0.15, 0.2) is 0 Å². The van der Waals surface area contributed by atoms with E-state index in [2.05, 4.69) is 61.7 Å². The SMILES string of the molecule is C=Cc1c(C=C)c2ccccc2c2ccccc12.CC.CC. The lowest BCUT2D eigenvalue weighted by atomic mass is 9.92. The van der Waals surface area contributed by atoms with Gasteiger partial charge in [-0.25, -0.2) is 0 Å². The summed E-state index contributed by atoms with van der Waals surface area (Å²) in [6, 6.07) is 16.9. The summed E-state index contributed by atoms with van der Waals surface area (Å²) in [5, 5.41) is 5.02. The maximum atomic E-state index is 3.95. The average Bonchev–Trinajstić information content (AvgIpc) is 2.63. The molecule has 0 fully saturated rings. The second-order valence-electron chi connectivity index (χ2n) is 4.33. The highest BCUT2D eigenvalue weighted by atomic mass is 14.1. The van der Waals surface area contributed by atoms with Gasteiger partial charge in [-0.3, -0.25) is 0 Å². The van der Waals surface area contributed by atoms with E-state index in [1.807, 2.05) is 39.8 Å². The molecule has 0 unspecified atom stereocenters. The van der Waals surface area contributed by atoms with E-state index in [-0.39, 0.29) is 0 Å². The van der Waals surface area contributed by atoms with E-state index in [9.17, 15) is 0 Å².